The molecule has 0 aliphatic heterocycles. The fourth-order valence-electron chi connectivity index (χ4n) is 1.63. The lowest BCUT2D eigenvalue weighted by atomic mass is 10.1. The Kier molecular flexibility index (Phi) is 6.11. The lowest BCUT2D eigenvalue weighted by molar-refractivity contribution is 0.555. The van der Waals surface area contributed by atoms with Gasteiger partial charge in [-0.2, -0.15) is 0 Å². The maximum atomic E-state index is 11.9. The molecule has 0 amide bonds. The Morgan fingerprint density at radius 1 is 1.33 bits per heavy atom. The first-order chi connectivity index (χ1) is 8.35. The molecule has 0 aromatic heterocycles. The topological polar surface area (TPSA) is 46.2 Å². The number of halogens is 2. The van der Waals surface area contributed by atoms with Crippen LogP contribution in [-0.2, 0) is 10.0 Å². The van der Waals surface area contributed by atoms with Gasteiger partial charge < -0.3 is 0 Å². The molecule has 1 aromatic carbocycles. The summed E-state index contributed by atoms with van der Waals surface area (Å²) in [5.41, 5.74) is 0.916. The minimum absolute atomic E-state index is 0.0469. The Labute approximate surface area is 122 Å². The second-order valence-electron chi connectivity index (χ2n) is 4.40. The maximum Gasteiger partial charge on any atom is 0.212 e. The van der Waals surface area contributed by atoms with Gasteiger partial charge in [-0.3, -0.25) is 0 Å². The van der Waals surface area contributed by atoms with Crippen LogP contribution in [0.3, 0.4) is 0 Å². The highest BCUT2D eigenvalue weighted by Crippen LogP contribution is 2.23. The largest absolute Gasteiger partial charge is 0.212 e. The van der Waals surface area contributed by atoms with Gasteiger partial charge >= 0.3 is 0 Å². The fraction of sp³-hybridized carbons (Fsp3) is 0.500. The lowest BCUT2D eigenvalue weighted by Gasteiger charge is -2.17. The highest BCUT2D eigenvalue weighted by atomic mass is 79.9. The van der Waals surface area contributed by atoms with E-state index in [1.807, 2.05) is 38.1 Å². The summed E-state index contributed by atoms with van der Waals surface area (Å²) in [7, 11) is -3.31. The zero-order chi connectivity index (χ0) is 13.8. The summed E-state index contributed by atoms with van der Waals surface area (Å²) in [5.74, 6) is 0.325. The molecule has 1 N–H and O–H groups in total. The minimum atomic E-state index is -3.31. The van der Waals surface area contributed by atoms with Crippen LogP contribution in [0, 0.1) is 5.92 Å². The molecule has 0 saturated carbocycles. The highest BCUT2D eigenvalue weighted by Gasteiger charge is 2.19. The van der Waals surface area contributed by atoms with Gasteiger partial charge in [0, 0.05) is 16.4 Å². The van der Waals surface area contributed by atoms with Crippen LogP contribution in [0.1, 0.15) is 25.5 Å². The molecule has 18 heavy (non-hydrogen) atoms. The Hall–Kier alpha value is -0.100. The zero-order valence-electron chi connectivity index (χ0n) is 10.4. The van der Waals surface area contributed by atoms with E-state index in [9.17, 15) is 8.42 Å². The summed E-state index contributed by atoms with van der Waals surface area (Å²) in [6, 6.07) is 7.29. The molecule has 3 nitrogen and oxygen atoms in total. The molecule has 0 aliphatic rings. The van der Waals surface area contributed by atoms with E-state index in [2.05, 4.69) is 20.7 Å². The predicted molar refractivity (Wildman–Crippen MR) is 79.4 cm³/mol. The quantitative estimate of drug-likeness (QED) is 0.797. The van der Waals surface area contributed by atoms with E-state index in [0.29, 0.717) is 5.88 Å². The molecule has 1 aromatic rings. The third kappa shape index (κ3) is 4.88. The van der Waals surface area contributed by atoms with Gasteiger partial charge in [-0.1, -0.05) is 41.1 Å². The van der Waals surface area contributed by atoms with Crippen molar-refractivity contribution in [2.24, 2.45) is 5.92 Å². The molecule has 102 valence electrons. The molecule has 0 aliphatic carbocycles. The van der Waals surface area contributed by atoms with E-state index in [1.54, 1.807) is 0 Å². The van der Waals surface area contributed by atoms with Crippen molar-refractivity contribution in [1.82, 2.24) is 4.72 Å². The molecule has 0 radical (unpaired) electrons. The molecule has 1 rings (SSSR count). The van der Waals surface area contributed by atoms with Crippen molar-refractivity contribution < 1.29 is 8.42 Å². The number of alkyl halides is 1. The summed E-state index contributed by atoms with van der Waals surface area (Å²) in [4.78, 5) is 0. The molecule has 0 fully saturated rings. The number of sulfonamides is 1. The summed E-state index contributed by atoms with van der Waals surface area (Å²) in [6.07, 6.45) is 0. The van der Waals surface area contributed by atoms with Gasteiger partial charge in [0.2, 0.25) is 10.0 Å². The van der Waals surface area contributed by atoms with Gasteiger partial charge in [-0.15, -0.1) is 11.6 Å². The zero-order valence-corrected chi connectivity index (χ0v) is 13.5. The summed E-state index contributed by atoms with van der Waals surface area (Å²) in [6.45, 7) is 3.64. The van der Waals surface area contributed by atoms with Crippen LogP contribution < -0.4 is 4.72 Å². The van der Waals surface area contributed by atoms with Crippen molar-refractivity contribution in [3.63, 3.8) is 0 Å². The van der Waals surface area contributed by atoms with E-state index in [-0.39, 0.29) is 17.7 Å². The molecular formula is C12H17BrClNO2S. The Balaban J connectivity index is 2.76. The molecule has 6 heteroatoms. The molecular weight excluding hydrogens is 338 g/mol. The maximum absolute atomic E-state index is 11.9. The predicted octanol–water partition coefficient (Wildman–Crippen LogP) is 3.30. The molecule has 2 unspecified atom stereocenters. The van der Waals surface area contributed by atoms with Crippen LogP contribution in [0.15, 0.2) is 28.7 Å². The third-order valence-corrected chi connectivity index (χ3v) is 5.46. The van der Waals surface area contributed by atoms with Crippen LogP contribution in [0.25, 0.3) is 0 Å². The summed E-state index contributed by atoms with van der Waals surface area (Å²) in [5, 5.41) is 0. The van der Waals surface area contributed by atoms with E-state index in [4.69, 9.17) is 11.6 Å². The third-order valence-electron chi connectivity index (χ3n) is 2.50. The second-order valence-corrected chi connectivity index (χ2v) is 7.36. The van der Waals surface area contributed by atoms with Gasteiger partial charge in [-0.05, 0) is 24.5 Å². The van der Waals surface area contributed by atoms with Crippen molar-refractivity contribution in [1.29, 1.82) is 0 Å². The first-order valence-corrected chi connectivity index (χ1v) is 8.64. The van der Waals surface area contributed by atoms with Gasteiger partial charge in [0.25, 0.3) is 0 Å². The SMILES string of the molecule is CC(CCl)CS(=O)(=O)NC(C)c1ccccc1Br. The number of benzene rings is 1. The molecule has 0 spiro atoms. The average Bonchev–Trinajstić information content (AvgIpc) is 2.27. The van der Waals surface area contributed by atoms with Crippen molar-refractivity contribution in [2.45, 2.75) is 19.9 Å². The number of nitrogens with one attached hydrogen (secondary N) is 1. The smallest absolute Gasteiger partial charge is 0.212 e. The standard InChI is InChI=1S/C12H17BrClNO2S/c1-9(7-14)8-18(16,17)15-10(2)11-5-3-4-6-12(11)13/h3-6,9-10,15H,7-8H2,1-2H3. The first-order valence-electron chi connectivity index (χ1n) is 5.66. The van der Waals surface area contributed by atoms with Crippen LogP contribution >= 0.6 is 27.5 Å². The monoisotopic (exact) mass is 353 g/mol. The molecule has 0 bridgehead atoms. The van der Waals surface area contributed by atoms with Crippen LogP contribution in [0.5, 0.6) is 0 Å². The van der Waals surface area contributed by atoms with Crippen LogP contribution in [0.2, 0.25) is 0 Å². The highest BCUT2D eigenvalue weighted by molar-refractivity contribution is 9.10. The number of rotatable bonds is 6. The molecule has 0 heterocycles. The van der Waals surface area contributed by atoms with Gasteiger partial charge in [0.15, 0.2) is 0 Å². The molecule has 2 atom stereocenters. The average molecular weight is 355 g/mol. The number of hydrogen-bond donors (Lipinski definition) is 1. The van der Waals surface area contributed by atoms with E-state index < -0.39 is 10.0 Å². The lowest BCUT2D eigenvalue weighted by Crippen LogP contribution is -2.31. The summed E-state index contributed by atoms with van der Waals surface area (Å²) >= 11 is 9.05. The van der Waals surface area contributed by atoms with Crippen molar-refractivity contribution >= 4 is 37.6 Å². The fourth-order valence-corrected chi connectivity index (χ4v) is 4.12. The van der Waals surface area contributed by atoms with Crippen LogP contribution in [-0.4, -0.2) is 20.1 Å². The minimum Gasteiger partial charge on any atom is -0.212 e. The Morgan fingerprint density at radius 2 is 1.94 bits per heavy atom. The van der Waals surface area contributed by atoms with Gasteiger partial charge in [0.05, 0.1) is 5.75 Å². The molecule has 0 saturated heterocycles. The number of hydrogen-bond acceptors (Lipinski definition) is 2. The van der Waals surface area contributed by atoms with E-state index >= 15 is 0 Å². The van der Waals surface area contributed by atoms with Crippen molar-refractivity contribution in [2.75, 3.05) is 11.6 Å². The second kappa shape index (κ2) is 6.89. The van der Waals surface area contributed by atoms with Crippen molar-refractivity contribution in [3.8, 4) is 0 Å². The summed E-state index contributed by atoms with van der Waals surface area (Å²) < 4.78 is 27.4. The normalized spacial score (nSPS) is 15.3. The van der Waals surface area contributed by atoms with Gasteiger partial charge in [-0.25, -0.2) is 13.1 Å². The van der Waals surface area contributed by atoms with Gasteiger partial charge in [0.1, 0.15) is 0 Å². The Morgan fingerprint density at radius 3 is 2.50 bits per heavy atom. The van der Waals surface area contributed by atoms with E-state index in [1.165, 1.54) is 0 Å². The van der Waals surface area contributed by atoms with Crippen LogP contribution in [0.4, 0.5) is 0 Å². The Bertz CT molecular complexity index is 493. The first kappa shape index (κ1) is 16.0. The van der Waals surface area contributed by atoms with E-state index in [0.717, 1.165) is 10.0 Å². The van der Waals surface area contributed by atoms with Crippen molar-refractivity contribution in [3.05, 3.63) is 34.3 Å².